The number of hydrogen-bond acceptors (Lipinski definition) is 3. The molecule has 0 aliphatic carbocycles. The molecule has 0 unspecified atom stereocenters. The largest absolute Gasteiger partial charge is 0.481 e. The number of carboxylic acids is 1. The van der Waals surface area contributed by atoms with Gasteiger partial charge < -0.3 is 5.11 Å². The first-order valence-electron chi connectivity index (χ1n) is 4.97. The van der Waals surface area contributed by atoms with Gasteiger partial charge in [-0.25, -0.2) is 0 Å². The number of carbonyl (C=O) groups is 1. The average molecular weight is 196 g/mol. The maximum absolute atomic E-state index is 10.4. The van der Waals surface area contributed by atoms with Crippen LogP contribution in [0.2, 0.25) is 0 Å². The molecule has 2 aliphatic heterocycles. The molecular weight excluding hydrogens is 180 g/mol. The minimum atomic E-state index is -0.700. The number of aliphatic carboxylic acids is 1. The molecule has 1 N–H and O–H groups in total. The fourth-order valence-electron chi connectivity index (χ4n) is 2.26. The van der Waals surface area contributed by atoms with Gasteiger partial charge in [0, 0.05) is 32.7 Å². The number of likely N-dealkylation sites (N-methyl/N-ethyl adjacent to an activating group) is 1. The first-order valence-corrected chi connectivity index (χ1v) is 4.97. The molecular formula is C10H16N2O2. The molecule has 0 aromatic carbocycles. The Morgan fingerprint density at radius 2 is 1.86 bits per heavy atom. The van der Waals surface area contributed by atoms with Gasteiger partial charge in [-0.1, -0.05) is 0 Å². The highest BCUT2D eigenvalue weighted by atomic mass is 16.4. The van der Waals surface area contributed by atoms with E-state index >= 15 is 0 Å². The second-order valence-corrected chi connectivity index (χ2v) is 4.23. The van der Waals surface area contributed by atoms with E-state index in [1.165, 1.54) is 11.1 Å². The van der Waals surface area contributed by atoms with Gasteiger partial charge in [0.25, 0.3) is 0 Å². The molecule has 4 nitrogen and oxygen atoms in total. The normalized spacial score (nSPS) is 23.2. The van der Waals surface area contributed by atoms with Gasteiger partial charge in [-0.05, 0) is 18.2 Å². The van der Waals surface area contributed by atoms with Crippen LogP contribution >= 0.6 is 0 Å². The zero-order valence-electron chi connectivity index (χ0n) is 8.49. The van der Waals surface area contributed by atoms with E-state index in [0.717, 1.165) is 26.2 Å². The molecule has 0 amide bonds. The van der Waals surface area contributed by atoms with Gasteiger partial charge in [-0.15, -0.1) is 0 Å². The van der Waals surface area contributed by atoms with Crippen LogP contribution in [0.4, 0.5) is 0 Å². The van der Waals surface area contributed by atoms with E-state index in [9.17, 15) is 4.79 Å². The van der Waals surface area contributed by atoms with Crippen molar-refractivity contribution in [2.24, 2.45) is 0 Å². The lowest BCUT2D eigenvalue weighted by Gasteiger charge is -2.19. The van der Waals surface area contributed by atoms with Crippen molar-refractivity contribution < 1.29 is 9.90 Å². The molecule has 0 saturated heterocycles. The van der Waals surface area contributed by atoms with E-state index < -0.39 is 5.97 Å². The van der Waals surface area contributed by atoms with Crippen molar-refractivity contribution in [1.29, 1.82) is 0 Å². The molecule has 0 aromatic rings. The number of carboxylic acid groups (broad SMARTS) is 1. The predicted molar refractivity (Wildman–Crippen MR) is 53.2 cm³/mol. The van der Waals surface area contributed by atoms with Crippen molar-refractivity contribution in [2.75, 3.05) is 39.8 Å². The zero-order valence-corrected chi connectivity index (χ0v) is 8.49. The molecule has 2 aliphatic rings. The van der Waals surface area contributed by atoms with Crippen molar-refractivity contribution in [3.63, 3.8) is 0 Å². The maximum atomic E-state index is 10.4. The summed E-state index contributed by atoms with van der Waals surface area (Å²) in [6, 6.07) is 0. The Hall–Kier alpha value is -0.870. The third-order valence-corrected chi connectivity index (χ3v) is 2.89. The molecule has 0 fully saturated rings. The minimum Gasteiger partial charge on any atom is -0.481 e. The Morgan fingerprint density at radius 1 is 1.29 bits per heavy atom. The summed E-state index contributed by atoms with van der Waals surface area (Å²) in [6.45, 7) is 4.78. The third kappa shape index (κ3) is 1.96. The standard InChI is InChI=1S/C10H16N2O2/c1-11-4-8-6-12(3-2-10(13)14)7-9(8)5-11/h2-7H2,1H3,(H,13,14). The highest BCUT2D eigenvalue weighted by Gasteiger charge is 2.27. The Morgan fingerprint density at radius 3 is 2.36 bits per heavy atom. The lowest BCUT2D eigenvalue weighted by atomic mass is 10.2. The molecule has 4 heteroatoms. The molecule has 0 saturated carbocycles. The lowest BCUT2D eigenvalue weighted by Crippen LogP contribution is -2.29. The summed E-state index contributed by atoms with van der Waals surface area (Å²) in [5, 5.41) is 8.57. The van der Waals surface area contributed by atoms with E-state index in [2.05, 4.69) is 16.8 Å². The molecule has 0 bridgehead atoms. The van der Waals surface area contributed by atoms with E-state index in [1.807, 2.05) is 0 Å². The number of hydrogen-bond donors (Lipinski definition) is 1. The first kappa shape index (κ1) is 9.68. The van der Waals surface area contributed by atoms with Crippen LogP contribution < -0.4 is 0 Å². The SMILES string of the molecule is CN1CC2=C(C1)CN(CCC(=O)O)C2. The Kier molecular flexibility index (Phi) is 2.56. The summed E-state index contributed by atoms with van der Waals surface area (Å²) in [4.78, 5) is 14.9. The maximum Gasteiger partial charge on any atom is 0.304 e. The number of nitrogens with zero attached hydrogens (tertiary/aromatic N) is 2. The Balaban J connectivity index is 1.80. The third-order valence-electron chi connectivity index (χ3n) is 2.89. The summed E-state index contributed by atoms with van der Waals surface area (Å²) in [6.07, 6.45) is 0.260. The van der Waals surface area contributed by atoms with Gasteiger partial charge in [0.05, 0.1) is 6.42 Å². The summed E-state index contributed by atoms with van der Waals surface area (Å²) in [7, 11) is 2.12. The molecule has 0 radical (unpaired) electrons. The Labute approximate surface area is 83.8 Å². The molecule has 0 atom stereocenters. The van der Waals surface area contributed by atoms with Gasteiger partial charge in [0.2, 0.25) is 0 Å². The highest BCUT2D eigenvalue weighted by molar-refractivity contribution is 5.66. The highest BCUT2D eigenvalue weighted by Crippen LogP contribution is 2.24. The summed E-state index contributed by atoms with van der Waals surface area (Å²) in [5.41, 5.74) is 3.02. The predicted octanol–water partition coefficient (Wildman–Crippen LogP) is 0.0187. The monoisotopic (exact) mass is 196 g/mol. The number of rotatable bonds is 3. The van der Waals surface area contributed by atoms with Gasteiger partial charge in [0.15, 0.2) is 0 Å². The Bertz CT molecular complexity index is 268. The van der Waals surface area contributed by atoms with Crippen LogP contribution in [0, 0.1) is 0 Å². The smallest absolute Gasteiger partial charge is 0.304 e. The van der Waals surface area contributed by atoms with Crippen LogP contribution in [0.25, 0.3) is 0 Å². The summed E-state index contributed by atoms with van der Waals surface area (Å²) < 4.78 is 0. The lowest BCUT2D eigenvalue weighted by molar-refractivity contribution is -0.137. The quantitative estimate of drug-likeness (QED) is 0.646. The van der Waals surface area contributed by atoms with Crippen LogP contribution in [0.3, 0.4) is 0 Å². The molecule has 0 aromatic heterocycles. The summed E-state index contributed by atoms with van der Waals surface area (Å²) in [5.74, 6) is -0.700. The van der Waals surface area contributed by atoms with Gasteiger partial charge in [-0.3, -0.25) is 14.6 Å². The van der Waals surface area contributed by atoms with E-state index in [1.54, 1.807) is 0 Å². The van der Waals surface area contributed by atoms with Gasteiger partial charge in [-0.2, -0.15) is 0 Å². The van der Waals surface area contributed by atoms with E-state index in [4.69, 9.17) is 5.11 Å². The van der Waals surface area contributed by atoms with Gasteiger partial charge in [0.1, 0.15) is 0 Å². The van der Waals surface area contributed by atoms with E-state index in [-0.39, 0.29) is 6.42 Å². The van der Waals surface area contributed by atoms with Crippen LogP contribution in [0.15, 0.2) is 11.1 Å². The van der Waals surface area contributed by atoms with Crippen molar-refractivity contribution in [3.05, 3.63) is 11.1 Å². The van der Waals surface area contributed by atoms with Crippen LogP contribution in [0.1, 0.15) is 6.42 Å². The van der Waals surface area contributed by atoms with E-state index in [0.29, 0.717) is 6.54 Å². The van der Waals surface area contributed by atoms with Gasteiger partial charge >= 0.3 is 5.97 Å². The van der Waals surface area contributed by atoms with Crippen LogP contribution in [-0.4, -0.2) is 60.6 Å². The van der Waals surface area contributed by atoms with Crippen molar-refractivity contribution in [2.45, 2.75) is 6.42 Å². The minimum absolute atomic E-state index is 0.260. The van der Waals surface area contributed by atoms with Crippen molar-refractivity contribution >= 4 is 5.97 Å². The second-order valence-electron chi connectivity index (χ2n) is 4.23. The average Bonchev–Trinajstić information content (AvgIpc) is 2.57. The fraction of sp³-hybridized carbons (Fsp3) is 0.700. The van der Waals surface area contributed by atoms with Crippen LogP contribution in [0.5, 0.6) is 0 Å². The molecule has 2 rings (SSSR count). The first-order chi connectivity index (χ1) is 6.65. The molecule has 78 valence electrons. The molecule has 2 heterocycles. The van der Waals surface area contributed by atoms with Crippen molar-refractivity contribution in [3.8, 4) is 0 Å². The molecule has 0 spiro atoms. The summed E-state index contributed by atoms with van der Waals surface area (Å²) >= 11 is 0. The molecule has 14 heavy (non-hydrogen) atoms. The topological polar surface area (TPSA) is 43.8 Å². The van der Waals surface area contributed by atoms with Crippen LogP contribution in [-0.2, 0) is 4.79 Å². The zero-order chi connectivity index (χ0) is 10.1. The second kappa shape index (κ2) is 3.71. The fourth-order valence-corrected chi connectivity index (χ4v) is 2.26. The van der Waals surface area contributed by atoms with Crippen molar-refractivity contribution in [1.82, 2.24) is 9.80 Å².